The summed E-state index contributed by atoms with van der Waals surface area (Å²) in [5.74, 6) is -1.10. The molecule has 7 nitrogen and oxygen atoms in total. The molecular formula is C17H20N2O5. The Morgan fingerprint density at radius 2 is 1.79 bits per heavy atom. The molecule has 0 bridgehead atoms. The number of esters is 2. The number of allylic oxidation sites excluding steroid dienone is 1. The van der Waals surface area contributed by atoms with E-state index in [9.17, 15) is 14.4 Å². The maximum atomic E-state index is 12.3. The molecule has 0 fully saturated rings. The van der Waals surface area contributed by atoms with E-state index in [1.54, 1.807) is 38.1 Å². The minimum atomic E-state index is -0.789. The first-order chi connectivity index (χ1) is 11.5. The van der Waals surface area contributed by atoms with Crippen LogP contribution in [-0.4, -0.2) is 43.6 Å². The molecule has 0 radical (unpaired) electrons. The monoisotopic (exact) mass is 332 g/mol. The van der Waals surface area contributed by atoms with Gasteiger partial charge < -0.3 is 14.8 Å². The molecule has 1 unspecified atom stereocenters. The third-order valence-electron chi connectivity index (χ3n) is 3.99. The predicted molar refractivity (Wildman–Crippen MR) is 86.2 cm³/mol. The van der Waals surface area contributed by atoms with Crippen LogP contribution >= 0.6 is 0 Å². The van der Waals surface area contributed by atoms with E-state index in [2.05, 4.69) is 5.32 Å². The molecule has 0 aromatic heterocycles. The maximum absolute atomic E-state index is 12.3. The number of hydrogen-bond acceptors (Lipinski definition) is 5. The Hall–Kier alpha value is -2.83. The molecule has 1 aromatic carbocycles. The lowest BCUT2D eigenvalue weighted by molar-refractivity contribution is -0.136. The number of rotatable bonds is 4. The minimum Gasteiger partial charge on any atom is -0.466 e. The van der Waals surface area contributed by atoms with Crippen molar-refractivity contribution in [3.8, 4) is 0 Å². The van der Waals surface area contributed by atoms with Gasteiger partial charge in [0.15, 0.2) is 0 Å². The highest BCUT2D eigenvalue weighted by Gasteiger charge is 2.37. The van der Waals surface area contributed by atoms with Crippen LogP contribution in [0.25, 0.3) is 0 Å². The van der Waals surface area contributed by atoms with Crippen molar-refractivity contribution in [1.29, 1.82) is 0 Å². The van der Waals surface area contributed by atoms with E-state index < -0.39 is 18.0 Å². The minimum absolute atomic E-state index is 0.282. The van der Waals surface area contributed by atoms with Gasteiger partial charge in [0.25, 0.3) is 0 Å². The molecule has 1 heterocycles. The molecule has 0 spiro atoms. The van der Waals surface area contributed by atoms with Crippen molar-refractivity contribution in [3.63, 3.8) is 0 Å². The molecule has 2 amide bonds. The van der Waals surface area contributed by atoms with E-state index in [1.165, 1.54) is 19.1 Å². The first-order valence-corrected chi connectivity index (χ1v) is 7.50. The van der Waals surface area contributed by atoms with Crippen LogP contribution < -0.4 is 5.32 Å². The van der Waals surface area contributed by atoms with Crippen molar-refractivity contribution >= 4 is 18.0 Å². The van der Waals surface area contributed by atoms with Crippen LogP contribution in [0, 0.1) is 0 Å². The number of nitrogens with one attached hydrogen (secondary N) is 1. The fourth-order valence-electron chi connectivity index (χ4n) is 2.81. The lowest BCUT2D eigenvalue weighted by Crippen LogP contribution is -2.48. The van der Waals surface area contributed by atoms with Crippen LogP contribution in [0.4, 0.5) is 4.79 Å². The zero-order chi connectivity index (χ0) is 17.9. The van der Waals surface area contributed by atoms with Crippen LogP contribution in [-0.2, 0) is 14.3 Å². The molecule has 0 aliphatic carbocycles. The molecular weight excluding hydrogens is 312 g/mol. The highest BCUT2D eigenvalue weighted by Crippen LogP contribution is 2.33. The van der Waals surface area contributed by atoms with Gasteiger partial charge in [0.1, 0.15) is 0 Å². The quantitative estimate of drug-likeness (QED) is 0.853. The third kappa shape index (κ3) is 2.97. The summed E-state index contributed by atoms with van der Waals surface area (Å²) in [7, 11) is 2.55. The van der Waals surface area contributed by atoms with E-state index in [0.717, 1.165) is 0 Å². The summed E-state index contributed by atoms with van der Waals surface area (Å²) in [5.41, 5.74) is 1.55. The number of ether oxygens (including phenoxy) is 2. The van der Waals surface area contributed by atoms with Gasteiger partial charge in [-0.1, -0.05) is 18.2 Å². The Morgan fingerprint density at radius 3 is 2.38 bits per heavy atom. The van der Waals surface area contributed by atoms with Gasteiger partial charge in [-0.3, -0.25) is 4.90 Å². The van der Waals surface area contributed by atoms with Crippen molar-refractivity contribution in [3.05, 3.63) is 46.7 Å². The predicted octanol–water partition coefficient (Wildman–Crippen LogP) is 2.01. The molecule has 7 heteroatoms. The largest absolute Gasteiger partial charge is 0.466 e. The molecule has 1 aliphatic rings. The van der Waals surface area contributed by atoms with E-state index in [-0.39, 0.29) is 17.2 Å². The van der Waals surface area contributed by atoms with Crippen molar-refractivity contribution in [1.82, 2.24) is 10.2 Å². The van der Waals surface area contributed by atoms with Gasteiger partial charge in [-0.15, -0.1) is 0 Å². The summed E-state index contributed by atoms with van der Waals surface area (Å²) in [4.78, 5) is 38.1. The van der Waals surface area contributed by atoms with Crippen molar-refractivity contribution < 1.29 is 23.9 Å². The molecule has 1 aromatic rings. The molecule has 1 N–H and O–H groups in total. The van der Waals surface area contributed by atoms with Gasteiger partial charge in [-0.2, -0.15) is 0 Å². The SMILES string of the molecule is CCN1C(=O)NC(c2ccccc2C(=O)OC)C(C(=O)OC)=C1C. The number of benzene rings is 1. The van der Waals surface area contributed by atoms with Gasteiger partial charge in [0.2, 0.25) is 0 Å². The number of carbonyl (C=O) groups excluding carboxylic acids is 3. The number of methoxy groups -OCH3 is 2. The molecule has 1 aliphatic heterocycles. The average molecular weight is 332 g/mol. The fourth-order valence-corrected chi connectivity index (χ4v) is 2.81. The first kappa shape index (κ1) is 17.5. The summed E-state index contributed by atoms with van der Waals surface area (Å²) in [5, 5.41) is 2.77. The van der Waals surface area contributed by atoms with Gasteiger partial charge in [-0.25, -0.2) is 14.4 Å². The van der Waals surface area contributed by atoms with Crippen LogP contribution in [0.1, 0.15) is 35.8 Å². The standard InChI is InChI=1S/C17H20N2O5/c1-5-19-10(2)13(16(21)24-4)14(18-17(19)22)11-8-6-7-9-12(11)15(20)23-3/h6-9,14H,5H2,1-4H3,(H,18,22). The lowest BCUT2D eigenvalue weighted by atomic mass is 9.91. The zero-order valence-corrected chi connectivity index (χ0v) is 14.1. The normalized spacial score (nSPS) is 17.4. The number of urea groups is 1. The molecule has 128 valence electrons. The third-order valence-corrected chi connectivity index (χ3v) is 3.99. The topological polar surface area (TPSA) is 84.9 Å². The smallest absolute Gasteiger partial charge is 0.338 e. The second kappa shape index (κ2) is 7.16. The highest BCUT2D eigenvalue weighted by atomic mass is 16.5. The van der Waals surface area contributed by atoms with Gasteiger partial charge in [0.05, 0.1) is 31.4 Å². The second-order valence-electron chi connectivity index (χ2n) is 5.20. The number of carbonyl (C=O) groups is 3. The zero-order valence-electron chi connectivity index (χ0n) is 14.1. The highest BCUT2D eigenvalue weighted by molar-refractivity contribution is 5.97. The average Bonchev–Trinajstić information content (AvgIpc) is 2.60. The van der Waals surface area contributed by atoms with Crippen molar-refractivity contribution in [2.24, 2.45) is 0 Å². The number of nitrogens with zero attached hydrogens (tertiary/aromatic N) is 1. The summed E-state index contributed by atoms with van der Waals surface area (Å²) in [6.07, 6.45) is 0. The van der Waals surface area contributed by atoms with E-state index in [0.29, 0.717) is 17.8 Å². The molecule has 0 saturated heterocycles. The summed E-state index contributed by atoms with van der Waals surface area (Å²) in [6.45, 7) is 3.90. The van der Waals surface area contributed by atoms with Crippen molar-refractivity contribution in [2.45, 2.75) is 19.9 Å². The van der Waals surface area contributed by atoms with Crippen LogP contribution in [0.2, 0.25) is 0 Å². The van der Waals surface area contributed by atoms with Gasteiger partial charge in [-0.05, 0) is 25.5 Å². The van der Waals surface area contributed by atoms with Gasteiger partial charge >= 0.3 is 18.0 Å². The first-order valence-electron chi connectivity index (χ1n) is 7.50. The van der Waals surface area contributed by atoms with E-state index in [4.69, 9.17) is 9.47 Å². The van der Waals surface area contributed by atoms with Gasteiger partial charge in [0, 0.05) is 12.2 Å². The summed E-state index contributed by atoms with van der Waals surface area (Å²) in [6, 6.07) is 5.55. The molecule has 24 heavy (non-hydrogen) atoms. The van der Waals surface area contributed by atoms with Crippen LogP contribution in [0.3, 0.4) is 0 Å². The Kier molecular flexibility index (Phi) is 5.23. The number of amides is 2. The Balaban J connectivity index is 2.64. The summed E-state index contributed by atoms with van der Waals surface area (Å²) < 4.78 is 9.67. The second-order valence-corrected chi connectivity index (χ2v) is 5.20. The molecule has 2 rings (SSSR count). The Morgan fingerprint density at radius 1 is 1.17 bits per heavy atom. The molecule has 0 saturated carbocycles. The van der Waals surface area contributed by atoms with Crippen LogP contribution in [0.15, 0.2) is 35.5 Å². The maximum Gasteiger partial charge on any atom is 0.338 e. The number of hydrogen-bond donors (Lipinski definition) is 1. The van der Waals surface area contributed by atoms with E-state index >= 15 is 0 Å². The Bertz CT molecular complexity index is 711. The molecule has 1 atom stereocenters. The Labute approximate surface area is 140 Å². The van der Waals surface area contributed by atoms with Crippen LogP contribution in [0.5, 0.6) is 0 Å². The van der Waals surface area contributed by atoms with Crippen molar-refractivity contribution in [2.75, 3.05) is 20.8 Å². The fraction of sp³-hybridized carbons (Fsp3) is 0.353. The lowest BCUT2D eigenvalue weighted by Gasteiger charge is -2.35. The van der Waals surface area contributed by atoms with E-state index in [1.807, 2.05) is 0 Å². The summed E-state index contributed by atoms with van der Waals surface area (Å²) >= 11 is 0.